The van der Waals surface area contributed by atoms with E-state index in [-0.39, 0.29) is 61.8 Å². The second kappa shape index (κ2) is 26.3. The van der Waals surface area contributed by atoms with Gasteiger partial charge in [0.1, 0.15) is 17.6 Å². The summed E-state index contributed by atoms with van der Waals surface area (Å²) in [5.41, 5.74) is 5.66. The first-order valence-electron chi connectivity index (χ1n) is 26.0. The smallest absolute Gasteiger partial charge is 0.305 e. The number of aromatic nitrogens is 4. The number of carboxylic acids is 1. The Kier molecular flexibility index (Phi) is 18.9. The number of hydrogen-bond donors (Lipinski definition) is 6. The van der Waals surface area contributed by atoms with E-state index in [1.165, 1.54) is 18.2 Å². The molecule has 3 atom stereocenters. The lowest BCUT2D eigenvalue weighted by molar-refractivity contribution is -0.140. The molecule has 2 aliphatic heterocycles. The van der Waals surface area contributed by atoms with Gasteiger partial charge in [-0.3, -0.25) is 39.0 Å². The van der Waals surface area contributed by atoms with Crippen molar-refractivity contribution in [1.29, 1.82) is 0 Å². The number of aryl methyl sites for hydroxylation is 1. The highest BCUT2D eigenvalue weighted by Crippen LogP contribution is 2.44. The quantitative estimate of drug-likeness (QED) is 0.0227. The molecule has 5 amide bonds. The first-order valence-corrected chi connectivity index (χ1v) is 26.0. The molecule has 21 heteroatoms. The molecule has 0 spiro atoms. The van der Waals surface area contributed by atoms with Gasteiger partial charge in [-0.05, 0) is 110 Å². The first kappa shape index (κ1) is 56.1. The number of nitrogens with one attached hydrogen (secondary N) is 3. The third-order valence-corrected chi connectivity index (χ3v) is 13.3. The number of carboxylic acid groups (broad SMARTS) is 1. The Balaban J connectivity index is 0.842. The van der Waals surface area contributed by atoms with Crippen molar-refractivity contribution in [2.45, 2.75) is 96.1 Å². The molecule has 1 unspecified atom stereocenters. The zero-order chi connectivity index (χ0) is 55.3. The van der Waals surface area contributed by atoms with Crippen LogP contribution in [-0.2, 0) is 43.4 Å². The number of para-hydroxylation sites is 1. The van der Waals surface area contributed by atoms with Crippen molar-refractivity contribution in [2.24, 2.45) is 0 Å². The van der Waals surface area contributed by atoms with Gasteiger partial charge in [0.25, 0.3) is 17.7 Å². The van der Waals surface area contributed by atoms with E-state index in [2.05, 4.69) is 26.3 Å². The molecular weight excluding hydrogens is 1010 g/mol. The summed E-state index contributed by atoms with van der Waals surface area (Å²) in [7, 11) is 0. The largest absolute Gasteiger partial charge is 0.494 e. The van der Waals surface area contributed by atoms with Gasteiger partial charge in [-0.1, -0.05) is 55.5 Å². The van der Waals surface area contributed by atoms with E-state index in [0.717, 1.165) is 10.6 Å². The number of rotatable bonds is 28. The first-order chi connectivity index (χ1) is 37.7. The van der Waals surface area contributed by atoms with Gasteiger partial charge in [0.2, 0.25) is 11.8 Å². The van der Waals surface area contributed by atoms with Gasteiger partial charge in [-0.15, -0.1) is 5.10 Å². The molecule has 6 aromatic rings. The summed E-state index contributed by atoms with van der Waals surface area (Å²) in [5.74, 6) is -3.95. The average molecular weight is 1070 g/mol. The van der Waals surface area contributed by atoms with Crippen molar-refractivity contribution in [1.82, 2.24) is 29.8 Å². The molecule has 1 saturated heterocycles. The number of hydrogen-bond acceptors (Lipinski definition) is 14. The van der Waals surface area contributed by atoms with Gasteiger partial charge in [0.15, 0.2) is 0 Å². The Morgan fingerprint density at radius 3 is 2.33 bits per heavy atom. The zero-order valence-corrected chi connectivity index (χ0v) is 43.4. The Bertz CT molecular complexity index is 3110. The van der Waals surface area contributed by atoms with Gasteiger partial charge in [-0.25, -0.2) is 9.07 Å². The van der Waals surface area contributed by atoms with E-state index in [1.54, 1.807) is 41.1 Å². The summed E-state index contributed by atoms with van der Waals surface area (Å²) in [6.45, 7) is 6.51. The predicted molar refractivity (Wildman–Crippen MR) is 284 cm³/mol. The summed E-state index contributed by atoms with van der Waals surface area (Å²) < 4.78 is 35.9. The molecule has 4 heterocycles. The molecule has 410 valence electrons. The molecule has 6 N–H and O–H groups in total. The van der Waals surface area contributed by atoms with Crippen LogP contribution in [0.2, 0.25) is 0 Å². The fourth-order valence-electron chi connectivity index (χ4n) is 9.75. The number of ether oxygens (including phenoxy) is 3. The number of aliphatic hydroxyl groups excluding tert-OH is 2. The number of fused-ring (bicyclic) bond motifs is 1. The van der Waals surface area contributed by atoms with Crippen LogP contribution in [0.3, 0.4) is 0 Å². The number of aliphatic hydroxyl groups is 2. The molecule has 20 nitrogen and oxygen atoms in total. The van der Waals surface area contributed by atoms with Crippen LogP contribution in [0.4, 0.5) is 15.8 Å². The van der Waals surface area contributed by atoms with Crippen LogP contribution >= 0.6 is 0 Å². The Hall–Kier alpha value is -8.11. The van der Waals surface area contributed by atoms with Crippen LogP contribution in [0.5, 0.6) is 5.75 Å². The number of halogens is 1. The van der Waals surface area contributed by atoms with Gasteiger partial charge in [-0.2, -0.15) is 0 Å². The molecule has 4 aromatic carbocycles. The van der Waals surface area contributed by atoms with Crippen LogP contribution in [0.25, 0.3) is 22.4 Å². The standard InChI is InChI=1S/C57H63FN8O12/c1-35(2)52-51(55(73)60-39-10-4-3-5-11-39)49(53(36-16-18-38(58)19-17-36)65(52)24-22-41(67)32-42(68)33-48(70)71)37-9-6-13-43(31-37)78-26-8-12-40-34-64(63-62-40)25-28-77-30-29-76-27-23-59-45-15-7-14-44-50(45)57(75)66(56(44)74)46-20-21-47(69)61-54(46)72/h3-7,9-11,13-19,31,34-35,41-42,46,59,67-68H,8,12,20-30,32-33H2,1-2H3,(H,60,73)(H,70,71)(H,61,69,72)/t41-,42-,46?/m1/s1. The van der Waals surface area contributed by atoms with Crippen molar-refractivity contribution in [3.05, 3.63) is 137 Å². The predicted octanol–water partition coefficient (Wildman–Crippen LogP) is 6.46. The number of carbonyl (C=O) groups excluding carboxylic acids is 5. The number of imide groups is 2. The summed E-state index contributed by atoms with van der Waals surface area (Å²) in [6.07, 6.45) is 0.281. The number of amides is 5. The Labute approximate surface area is 449 Å². The van der Waals surface area contributed by atoms with Gasteiger partial charge < -0.3 is 44.7 Å². The molecule has 8 rings (SSSR count). The molecule has 2 aliphatic rings. The fraction of sp³-hybridized carbons (Fsp3) is 0.368. The lowest BCUT2D eigenvalue weighted by Gasteiger charge is -2.27. The van der Waals surface area contributed by atoms with E-state index in [1.807, 2.05) is 67.1 Å². The summed E-state index contributed by atoms with van der Waals surface area (Å²) in [4.78, 5) is 77.4. The van der Waals surface area contributed by atoms with Crippen molar-refractivity contribution in [2.75, 3.05) is 50.2 Å². The fourth-order valence-corrected chi connectivity index (χ4v) is 9.75. The summed E-state index contributed by atoms with van der Waals surface area (Å²) >= 11 is 0. The van der Waals surface area contributed by atoms with E-state index in [0.29, 0.717) is 103 Å². The molecular formula is C57H63FN8O12. The van der Waals surface area contributed by atoms with Crippen molar-refractivity contribution in [3.63, 3.8) is 0 Å². The number of piperidine rings is 1. The lowest BCUT2D eigenvalue weighted by Crippen LogP contribution is -2.54. The molecule has 0 radical (unpaired) electrons. The van der Waals surface area contributed by atoms with E-state index < -0.39 is 60.1 Å². The summed E-state index contributed by atoms with van der Waals surface area (Å²) in [6, 6.07) is 26.2. The minimum Gasteiger partial charge on any atom is -0.494 e. The van der Waals surface area contributed by atoms with Crippen LogP contribution in [0.15, 0.2) is 103 Å². The lowest BCUT2D eigenvalue weighted by atomic mass is 9.94. The molecule has 0 aliphatic carbocycles. The maximum Gasteiger partial charge on any atom is 0.305 e. The minimum absolute atomic E-state index is 0.0377. The molecule has 78 heavy (non-hydrogen) atoms. The average Bonchev–Trinajstić information content (AvgIpc) is 4.23. The normalized spacial score (nSPS) is 15.1. The minimum atomic E-state index is -1.25. The van der Waals surface area contributed by atoms with Gasteiger partial charge in [0, 0.05) is 48.3 Å². The second-order valence-corrected chi connectivity index (χ2v) is 19.3. The van der Waals surface area contributed by atoms with Crippen LogP contribution in [0.1, 0.15) is 101 Å². The SMILES string of the molecule is CC(C)c1c(C(=O)Nc2ccccc2)c(-c2cccc(OCCCc3cn(CCOCCOCCNc4cccc5c4C(=O)N(C4CCC(=O)NC4=O)C5=O)nn3)c2)c(-c2ccc(F)cc2)n1CC[C@@H](O)C[C@@H](O)CC(=O)O. The van der Waals surface area contributed by atoms with Crippen molar-refractivity contribution in [3.8, 4) is 28.1 Å². The summed E-state index contributed by atoms with van der Waals surface area (Å²) in [5, 5.41) is 47.5. The molecule has 1 fully saturated rings. The van der Waals surface area contributed by atoms with E-state index in [9.17, 15) is 48.5 Å². The van der Waals surface area contributed by atoms with Crippen LogP contribution in [-0.4, -0.2) is 133 Å². The van der Waals surface area contributed by atoms with Gasteiger partial charge >= 0.3 is 5.97 Å². The Morgan fingerprint density at radius 2 is 1.59 bits per heavy atom. The third kappa shape index (κ3) is 13.9. The van der Waals surface area contributed by atoms with Crippen LogP contribution in [0, 0.1) is 5.82 Å². The Morgan fingerprint density at radius 1 is 0.833 bits per heavy atom. The third-order valence-electron chi connectivity index (χ3n) is 13.3. The molecule has 0 saturated carbocycles. The van der Waals surface area contributed by atoms with Gasteiger partial charge in [0.05, 0.1) is 86.3 Å². The number of aliphatic carboxylic acids is 1. The highest BCUT2D eigenvalue weighted by atomic mass is 19.1. The van der Waals surface area contributed by atoms with E-state index >= 15 is 0 Å². The van der Waals surface area contributed by atoms with E-state index in [4.69, 9.17) is 14.2 Å². The maximum atomic E-state index is 14.7. The highest BCUT2D eigenvalue weighted by molar-refractivity contribution is 6.25. The number of benzene rings is 4. The zero-order valence-electron chi connectivity index (χ0n) is 43.4. The van der Waals surface area contributed by atoms with Crippen LogP contribution < -0.4 is 20.7 Å². The second-order valence-electron chi connectivity index (χ2n) is 19.3. The number of anilines is 2. The molecule has 2 aromatic heterocycles. The number of carbonyl (C=O) groups is 6. The maximum absolute atomic E-state index is 14.7. The van der Waals surface area contributed by atoms with Crippen molar-refractivity contribution >= 4 is 46.9 Å². The topological polar surface area (TPSA) is 266 Å². The molecule has 0 bridgehead atoms. The highest BCUT2D eigenvalue weighted by Gasteiger charge is 2.45. The monoisotopic (exact) mass is 1070 g/mol. The number of nitrogens with zero attached hydrogens (tertiary/aromatic N) is 5. The van der Waals surface area contributed by atoms with Crippen molar-refractivity contribution < 1.29 is 62.7 Å².